The highest BCUT2D eigenvalue weighted by atomic mass is 16.5. The molecule has 0 spiro atoms. The lowest BCUT2D eigenvalue weighted by atomic mass is 10.1. The lowest BCUT2D eigenvalue weighted by Crippen LogP contribution is -1.97. The van der Waals surface area contributed by atoms with E-state index in [2.05, 4.69) is 84.7 Å². The van der Waals surface area contributed by atoms with Crippen LogP contribution >= 0.6 is 0 Å². The maximum absolute atomic E-state index is 6.65. The number of nitrogens with zero attached hydrogens (tertiary/aromatic N) is 6. The van der Waals surface area contributed by atoms with E-state index < -0.39 is 0 Å². The summed E-state index contributed by atoms with van der Waals surface area (Å²) in [6.45, 7) is 1.95. The first-order valence-corrected chi connectivity index (χ1v) is 17.4. The van der Waals surface area contributed by atoms with Gasteiger partial charge in [-0.05, 0) is 85.8 Å². The number of ether oxygens (including phenoxy) is 2. The van der Waals surface area contributed by atoms with E-state index in [4.69, 9.17) is 14.5 Å². The Kier molecular flexibility index (Phi) is 7.18. The molecule has 0 saturated heterocycles. The summed E-state index contributed by atoms with van der Waals surface area (Å²) in [4.78, 5) is 18.7. The number of pyridine rings is 2. The second-order valence-corrected chi connectivity index (χ2v) is 12.9. The molecule has 0 fully saturated rings. The van der Waals surface area contributed by atoms with E-state index in [1.165, 1.54) is 0 Å². The Morgan fingerprint density at radius 3 is 1.43 bits per heavy atom. The van der Waals surface area contributed by atoms with Gasteiger partial charge in [0.25, 0.3) is 0 Å². The Morgan fingerprint density at radius 2 is 0.925 bits per heavy atom. The van der Waals surface area contributed by atoms with Crippen LogP contribution in [0, 0.1) is 6.92 Å². The molecule has 8 nitrogen and oxygen atoms in total. The Hall–Kier alpha value is -7.32. The number of aryl methyl sites for hydroxylation is 1. The van der Waals surface area contributed by atoms with Crippen LogP contribution < -0.4 is 9.47 Å². The fraction of sp³-hybridized carbons (Fsp3) is 0.0222. The van der Waals surface area contributed by atoms with E-state index in [0.29, 0.717) is 28.8 Å². The summed E-state index contributed by atoms with van der Waals surface area (Å²) in [6.07, 6.45) is 5.39. The number of rotatable bonds is 7. The molecule has 0 N–H and O–H groups in total. The number of benzene rings is 5. The number of para-hydroxylation sites is 2. The molecule has 53 heavy (non-hydrogen) atoms. The molecule has 5 aromatic heterocycles. The fourth-order valence-corrected chi connectivity index (χ4v) is 7.17. The molecule has 0 bridgehead atoms. The molecule has 0 aliphatic carbocycles. The highest BCUT2D eigenvalue weighted by Gasteiger charge is 2.17. The molecule has 252 valence electrons. The Morgan fingerprint density at radius 1 is 0.415 bits per heavy atom. The van der Waals surface area contributed by atoms with Gasteiger partial charge in [0.1, 0.15) is 34.6 Å². The minimum Gasteiger partial charge on any atom is -0.457 e. The number of fused-ring (bicyclic) bond motifs is 6. The highest BCUT2D eigenvalue weighted by molar-refractivity contribution is 6.10. The SMILES string of the molecule is Cc1ccnc(-c2cc(Oc3ccc4c5ccccc5n(-c5ccccn5)c4c3)cc(Oc3ccc4c5ccccc5n(-c5ccccn5)c4c3)c2)n1. The topological polar surface area (TPSA) is 79.9 Å². The van der Waals surface area contributed by atoms with Crippen LogP contribution in [0.25, 0.3) is 66.6 Å². The highest BCUT2D eigenvalue weighted by Crippen LogP contribution is 2.39. The van der Waals surface area contributed by atoms with Crippen molar-refractivity contribution in [2.75, 3.05) is 0 Å². The zero-order valence-electron chi connectivity index (χ0n) is 28.6. The van der Waals surface area contributed by atoms with Gasteiger partial charge in [-0.2, -0.15) is 0 Å². The summed E-state index contributed by atoms with van der Waals surface area (Å²) in [5.41, 5.74) is 5.78. The second-order valence-electron chi connectivity index (χ2n) is 12.9. The zero-order chi connectivity index (χ0) is 35.3. The molecule has 5 aromatic carbocycles. The summed E-state index contributed by atoms with van der Waals surface area (Å²) in [7, 11) is 0. The van der Waals surface area contributed by atoms with Gasteiger partial charge in [0, 0.05) is 69.6 Å². The molecule has 0 amide bonds. The average Bonchev–Trinajstić information content (AvgIpc) is 3.70. The van der Waals surface area contributed by atoms with Crippen molar-refractivity contribution in [1.29, 1.82) is 0 Å². The predicted octanol–water partition coefficient (Wildman–Crippen LogP) is 11.0. The molecular weight excluding hydrogens is 657 g/mol. The summed E-state index contributed by atoms with van der Waals surface area (Å²) in [6, 6.07) is 48.6. The van der Waals surface area contributed by atoms with Gasteiger partial charge < -0.3 is 9.47 Å². The third kappa shape index (κ3) is 5.41. The van der Waals surface area contributed by atoms with Crippen LogP contribution in [0.15, 0.2) is 164 Å². The van der Waals surface area contributed by atoms with Gasteiger partial charge >= 0.3 is 0 Å². The lowest BCUT2D eigenvalue weighted by Gasteiger charge is -2.13. The van der Waals surface area contributed by atoms with E-state index in [0.717, 1.165) is 66.5 Å². The first-order valence-electron chi connectivity index (χ1n) is 17.4. The smallest absolute Gasteiger partial charge is 0.159 e. The van der Waals surface area contributed by atoms with Crippen molar-refractivity contribution in [3.8, 4) is 46.0 Å². The van der Waals surface area contributed by atoms with E-state index in [9.17, 15) is 0 Å². The fourth-order valence-electron chi connectivity index (χ4n) is 7.17. The van der Waals surface area contributed by atoms with Crippen molar-refractivity contribution >= 4 is 43.6 Å². The lowest BCUT2D eigenvalue weighted by molar-refractivity contribution is 0.461. The van der Waals surface area contributed by atoms with Crippen molar-refractivity contribution in [2.45, 2.75) is 6.92 Å². The van der Waals surface area contributed by atoms with Crippen molar-refractivity contribution < 1.29 is 9.47 Å². The number of aromatic nitrogens is 6. The summed E-state index contributed by atoms with van der Waals surface area (Å²) < 4.78 is 17.6. The number of hydrogen-bond donors (Lipinski definition) is 0. The van der Waals surface area contributed by atoms with E-state index in [1.807, 2.05) is 104 Å². The normalized spacial score (nSPS) is 11.5. The van der Waals surface area contributed by atoms with Crippen molar-refractivity contribution in [3.05, 3.63) is 170 Å². The third-order valence-electron chi connectivity index (χ3n) is 9.45. The zero-order valence-corrected chi connectivity index (χ0v) is 28.6. The minimum atomic E-state index is 0.580. The van der Waals surface area contributed by atoms with Crippen LogP contribution in [0.3, 0.4) is 0 Å². The average molecular weight is 687 g/mol. The van der Waals surface area contributed by atoms with E-state index in [-0.39, 0.29) is 0 Å². The summed E-state index contributed by atoms with van der Waals surface area (Å²) in [5, 5.41) is 4.52. The molecular formula is C45H30N6O2. The summed E-state index contributed by atoms with van der Waals surface area (Å²) >= 11 is 0. The molecule has 0 aliphatic heterocycles. The van der Waals surface area contributed by atoms with Gasteiger partial charge in [-0.15, -0.1) is 0 Å². The molecule has 0 unspecified atom stereocenters. The standard InChI is InChI=1S/C45H30N6O2/c1-29-20-23-48-45(49-29)30-24-33(52-31-16-18-37-35-10-2-4-12-39(35)50(41(37)27-31)43-14-6-8-21-46-43)26-34(25-30)53-32-17-19-38-36-11-3-5-13-40(36)51(42(38)28-32)44-15-7-9-22-47-44/h2-28H,1H3. The van der Waals surface area contributed by atoms with E-state index in [1.54, 1.807) is 6.20 Å². The van der Waals surface area contributed by atoms with Gasteiger partial charge in [0.05, 0.1) is 22.1 Å². The minimum absolute atomic E-state index is 0.580. The van der Waals surface area contributed by atoms with Crippen LogP contribution in [-0.2, 0) is 0 Å². The molecule has 0 aliphatic rings. The van der Waals surface area contributed by atoms with E-state index >= 15 is 0 Å². The van der Waals surface area contributed by atoms with Crippen LogP contribution in [0.2, 0.25) is 0 Å². The first kappa shape index (κ1) is 30.5. The van der Waals surface area contributed by atoms with Gasteiger partial charge in [-0.25, -0.2) is 19.9 Å². The van der Waals surface area contributed by atoms with Crippen molar-refractivity contribution in [1.82, 2.24) is 29.1 Å². The van der Waals surface area contributed by atoms with Crippen LogP contribution in [0.5, 0.6) is 23.0 Å². The molecule has 5 heterocycles. The van der Waals surface area contributed by atoms with Crippen LogP contribution in [0.1, 0.15) is 5.69 Å². The quantitative estimate of drug-likeness (QED) is 0.166. The number of hydrogen-bond acceptors (Lipinski definition) is 6. The molecule has 0 radical (unpaired) electrons. The molecule has 0 saturated carbocycles. The maximum Gasteiger partial charge on any atom is 0.159 e. The van der Waals surface area contributed by atoms with Crippen molar-refractivity contribution in [2.24, 2.45) is 0 Å². The molecule has 10 rings (SSSR count). The maximum atomic E-state index is 6.65. The molecule has 10 aromatic rings. The van der Waals surface area contributed by atoms with Crippen molar-refractivity contribution in [3.63, 3.8) is 0 Å². The molecule has 0 atom stereocenters. The first-order chi connectivity index (χ1) is 26.2. The largest absolute Gasteiger partial charge is 0.457 e. The van der Waals surface area contributed by atoms with Crippen LogP contribution in [-0.4, -0.2) is 29.1 Å². The van der Waals surface area contributed by atoms with Gasteiger partial charge in [0.15, 0.2) is 5.82 Å². The predicted molar refractivity (Wildman–Crippen MR) is 210 cm³/mol. The monoisotopic (exact) mass is 686 g/mol. The van der Waals surface area contributed by atoms with Gasteiger partial charge in [-0.1, -0.05) is 48.5 Å². The van der Waals surface area contributed by atoms with Crippen LogP contribution in [0.4, 0.5) is 0 Å². The summed E-state index contributed by atoms with van der Waals surface area (Å²) in [5.74, 6) is 4.78. The Bertz CT molecular complexity index is 2790. The third-order valence-corrected chi connectivity index (χ3v) is 9.45. The Labute approximate surface area is 304 Å². The second kappa shape index (κ2) is 12.5. The van der Waals surface area contributed by atoms with Gasteiger partial charge in [-0.3, -0.25) is 9.13 Å². The Balaban J connectivity index is 1.08. The molecule has 8 heteroatoms. The van der Waals surface area contributed by atoms with Gasteiger partial charge in [0.2, 0.25) is 0 Å².